The average Bonchev–Trinajstić information content (AvgIpc) is 2.95. The highest BCUT2D eigenvalue weighted by Crippen LogP contribution is 2.32. The molecule has 1 N–H and O–H groups in total. The highest BCUT2D eigenvalue weighted by molar-refractivity contribution is 7.15. The number of amides is 1. The monoisotopic (exact) mass is 308 g/mol. The fourth-order valence-corrected chi connectivity index (χ4v) is 3.45. The van der Waals surface area contributed by atoms with Crippen LogP contribution in [-0.2, 0) is 4.79 Å². The summed E-state index contributed by atoms with van der Waals surface area (Å²) >= 11 is 1.37. The first kappa shape index (κ1) is 13.9. The highest BCUT2D eigenvalue weighted by Gasteiger charge is 2.43. The number of likely N-dealkylation sites (N-methyl/N-ethyl adjacent to an activating group) is 1. The number of aromatic carboxylic acids is 1. The molecule has 8 heteroatoms. The van der Waals surface area contributed by atoms with Gasteiger partial charge in [-0.25, -0.2) is 9.78 Å². The molecule has 2 aromatic heterocycles. The molecule has 0 unspecified atom stereocenters. The number of anilines is 1. The minimum Gasteiger partial charge on any atom is -0.476 e. The van der Waals surface area contributed by atoms with Crippen LogP contribution >= 0.6 is 11.3 Å². The van der Waals surface area contributed by atoms with Gasteiger partial charge in [-0.2, -0.15) is 0 Å². The number of aromatic nitrogens is 2. The van der Waals surface area contributed by atoms with E-state index in [4.69, 9.17) is 0 Å². The Hall–Kier alpha value is -2.09. The summed E-state index contributed by atoms with van der Waals surface area (Å²) in [6.45, 7) is 4.70. The molecule has 2 aromatic rings. The number of carbonyl (C=O) groups is 2. The molecule has 0 bridgehead atoms. The maximum Gasteiger partial charge on any atom is 0.356 e. The SMILES string of the molecule is CN1CCN(c2nc3sccn3c2C(=O)O)C(C)(C)C1=O. The molecule has 1 amide bonds. The Bertz CT molecular complexity index is 733. The van der Waals surface area contributed by atoms with Crippen LogP contribution in [0.5, 0.6) is 0 Å². The van der Waals surface area contributed by atoms with Crippen LogP contribution in [0.15, 0.2) is 11.6 Å². The van der Waals surface area contributed by atoms with E-state index in [0.717, 1.165) is 0 Å². The second-order valence-corrected chi connectivity index (χ2v) is 6.46. The topological polar surface area (TPSA) is 78.2 Å². The lowest BCUT2D eigenvalue weighted by molar-refractivity contribution is -0.136. The minimum absolute atomic E-state index is 0.0403. The van der Waals surface area contributed by atoms with Crippen LogP contribution in [0.25, 0.3) is 4.96 Å². The van der Waals surface area contributed by atoms with Crippen molar-refractivity contribution in [2.24, 2.45) is 0 Å². The predicted molar refractivity (Wildman–Crippen MR) is 79.1 cm³/mol. The van der Waals surface area contributed by atoms with E-state index in [9.17, 15) is 14.7 Å². The summed E-state index contributed by atoms with van der Waals surface area (Å²) in [5, 5.41) is 11.3. The molecule has 1 aliphatic rings. The standard InChI is InChI=1S/C13H16N4O3S/c1-13(2)11(20)15(3)4-5-17(13)9-8(10(18)19)16-6-7-21-12(16)14-9/h6-7H,4-5H2,1-3H3,(H,18,19). The van der Waals surface area contributed by atoms with E-state index < -0.39 is 11.5 Å². The van der Waals surface area contributed by atoms with Crippen LogP contribution in [-0.4, -0.2) is 56.9 Å². The zero-order valence-corrected chi connectivity index (χ0v) is 12.8. The lowest BCUT2D eigenvalue weighted by atomic mass is 9.97. The molecule has 0 radical (unpaired) electrons. The third kappa shape index (κ3) is 1.90. The number of carboxylic acids is 1. The first-order valence-electron chi connectivity index (χ1n) is 6.56. The number of hydrogen-bond acceptors (Lipinski definition) is 5. The molecule has 0 aliphatic carbocycles. The molecule has 112 valence electrons. The Morgan fingerprint density at radius 1 is 1.43 bits per heavy atom. The summed E-state index contributed by atoms with van der Waals surface area (Å²) < 4.78 is 1.56. The Balaban J connectivity index is 2.16. The average molecular weight is 308 g/mol. The fraction of sp³-hybridized carbons (Fsp3) is 0.462. The minimum atomic E-state index is -1.04. The van der Waals surface area contributed by atoms with Gasteiger partial charge in [0.25, 0.3) is 0 Å². The van der Waals surface area contributed by atoms with E-state index in [0.29, 0.717) is 23.9 Å². The van der Waals surface area contributed by atoms with Gasteiger partial charge in [0.05, 0.1) is 0 Å². The summed E-state index contributed by atoms with van der Waals surface area (Å²) in [6.07, 6.45) is 1.69. The Labute approximate surface area is 125 Å². The van der Waals surface area contributed by atoms with E-state index in [2.05, 4.69) is 4.98 Å². The summed E-state index contributed by atoms with van der Waals surface area (Å²) in [6, 6.07) is 0. The quantitative estimate of drug-likeness (QED) is 0.900. The normalized spacial score (nSPS) is 18.5. The van der Waals surface area contributed by atoms with Gasteiger partial charge in [0, 0.05) is 31.7 Å². The molecule has 0 spiro atoms. The summed E-state index contributed by atoms with van der Waals surface area (Å²) in [5.41, 5.74) is -0.710. The maximum absolute atomic E-state index is 12.4. The zero-order valence-electron chi connectivity index (χ0n) is 12.0. The van der Waals surface area contributed by atoms with E-state index in [1.54, 1.807) is 46.7 Å². The lowest BCUT2D eigenvalue weighted by Crippen LogP contribution is -2.62. The van der Waals surface area contributed by atoms with Crippen LogP contribution in [0.2, 0.25) is 0 Å². The van der Waals surface area contributed by atoms with Crippen molar-refractivity contribution in [1.29, 1.82) is 0 Å². The highest BCUT2D eigenvalue weighted by atomic mass is 32.1. The predicted octanol–water partition coefficient (Wildman–Crippen LogP) is 1.15. The molecule has 1 fully saturated rings. The fourth-order valence-electron chi connectivity index (χ4n) is 2.75. The molecule has 1 aliphatic heterocycles. The van der Waals surface area contributed by atoms with Gasteiger partial charge < -0.3 is 14.9 Å². The van der Waals surface area contributed by atoms with E-state index in [1.807, 2.05) is 0 Å². The van der Waals surface area contributed by atoms with Gasteiger partial charge in [-0.1, -0.05) is 0 Å². The zero-order chi connectivity index (χ0) is 15.4. The van der Waals surface area contributed by atoms with E-state index in [-0.39, 0.29) is 11.6 Å². The maximum atomic E-state index is 12.4. The van der Waals surface area contributed by atoms with Crippen molar-refractivity contribution in [3.8, 4) is 0 Å². The van der Waals surface area contributed by atoms with Crippen molar-refractivity contribution in [1.82, 2.24) is 14.3 Å². The second-order valence-electron chi connectivity index (χ2n) is 5.58. The molecule has 1 saturated heterocycles. The van der Waals surface area contributed by atoms with E-state index in [1.165, 1.54) is 11.3 Å². The van der Waals surface area contributed by atoms with Crippen molar-refractivity contribution >= 4 is 34.0 Å². The van der Waals surface area contributed by atoms with Gasteiger partial charge >= 0.3 is 5.97 Å². The van der Waals surface area contributed by atoms with Gasteiger partial charge in [-0.3, -0.25) is 9.20 Å². The number of carbonyl (C=O) groups excluding carboxylic acids is 1. The number of imidazole rings is 1. The van der Waals surface area contributed by atoms with Crippen LogP contribution in [0.3, 0.4) is 0 Å². The number of nitrogens with zero attached hydrogens (tertiary/aromatic N) is 4. The summed E-state index contributed by atoms with van der Waals surface area (Å²) in [5.74, 6) is -0.722. The van der Waals surface area contributed by atoms with Crippen LogP contribution in [0.4, 0.5) is 5.82 Å². The molecule has 7 nitrogen and oxygen atoms in total. The Morgan fingerprint density at radius 3 is 2.81 bits per heavy atom. The number of thiazole rings is 1. The Kier molecular flexibility index (Phi) is 2.94. The first-order chi connectivity index (χ1) is 9.84. The summed E-state index contributed by atoms with van der Waals surface area (Å²) in [4.78, 5) is 32.5. The van der Waals surface area contributed by atoms with Crippen LogP contribution < -0.4 is 4.90 Å². The molecule has 3 heterocycles. The van der Waals surface area contributed by atoms with Crippen molar-refractivity contribution in [3.63, 3.8) is 0 Å². The van der Waals surface area contributed by atoms with Gasteiger partial charge in [0.15, 0.2) is 16.5 Å². The van der Waals surface area contributed by atoms with Gasteiger partial charge in [0.2, 0.25) is 5.91 Å². The summed E-state index contributed by atoms with van der Waals surface area (Å²) in [7, 11) is 1.76. The van der Waals surface area contributed by atoms with Crippen molar-refractivity contribution in [2.45, 2.75) is 19.4 Å². The first-order valence-corrected chi connectivity index (χ1v) is 7.44. The van der Waals surface area contributed by atoms with Crippen LogP contribution in [0, 0.1) is 0 Å². The van der Waals surface area contributed by atoms with Crippen LogP contribution in [0.1, 0.15) is 24.3 Å². The van der Waals surface area contributed by atoms with Gasteiger partial charge in [-0.05, 0) is 13.8 Å². The van der Waals surface area contributed by atoms with E-state index >= 15 is 0 Å². The number of carboxylic acid groups (broad SMARTS) is 1. The van der Waals surface area contributed by atoms with Gasteiger partial charge in [-0.15, -0.1) is 11.3 Å². The molecule has 0 aromatic carbocycles. The number of piperazine rings is 1. The van der Waals surface area contributed by atoms with Crippen molar-refractivity contribution in [2.75, 3.05) is 25.0 Å². The third-order valence-electron chi connectivity index (χ3n) is 3.91. The number of rotatable bonds is 2. The number of fused-ring (bicyclic) bond motifs is 1. The molecule has 21 heavy (non-hydrogen) atoms. The number of hydrogen-bond donors (Lipinski definition) is 1. The lowest BCUT2D eigenvalue weighted by Gasteiger charge is -2.45. The van der Waals surface area contributed by atoms with Crippen molar-refractivity contribution in [3.05, 3.63) is 17.3 Å². The third-order valence-corrected chi connectivity index (χ3v) is 4.66. The largest absolute Gasteiger partial charge is 0.476 e. The van der Waals surface area contributed by atoms with Gasteiger partial charge in [0.1, 0.15) is 5.54 Å². The molecule has 3 rings (SSSR count). The molecular weight excluding hydrogens is 292 g/mol. The second kappa shape index (κ2) is 4.45. The Morgan fingerprint density at radius 2 is 2.14 bits per heavy atom. The smallest absolute Gasteiger partial charge is 0.356 e. The van der Waals surface area contributed by atoms with Crippen molar-refractivity contribution < 1.29 is 14.7 Å². The molecular formula is C13H16N4O3S. The molecule has 0 saturated carbocycles. The molecule has 0 atom stereocenters.